The van der Waals surface area contributed by atoms with E-state index in [4.69, 9.17) is 4.55 Å². The minimum absolute atomic E-state index is 0.0135. The van der Waals surface area contributed by atoms with Gasteiger partial charge in [-0.3, -0.25) is 4.55 Å². The largest absolute Gasteiger partial charge is 0.357 e. The van der Waals surface area contributed by atoms with Gasteiger partial charge in [-0.2, -0.15) is 33.6 Å². The molecule has 11 nitrogen and oxygen atoms in total. The second-order valence-corrected chi connectivity index (χ2v) is 7.57. The zero-order valence-electron chi connectivity index (χ0n) is 16.2. The number of rotatable bonds is 8. The Labute approximate surface area is 173 Å². The van der Waals surface area contributed by atoms with Gasteiger partial charge < -0.3 is 16.0 Å². The standard InChI is InChI=1S/C18H20N8O3S/c1-12-10-14(26-25-13-6-4-3-5-7-13)8-9-15(12)21-18-23-16(19-2)22-17(24-18)20-11-30(27,28)29/h3-10H,11H2,1-2H3,(H,27,28,29)(H3,19,20,21,22,23,24). The molecular formula is C18H20N8O3S. The van der Waals surface area contributed by atoms with E-state index < -0.39 is 16.0 Å². The van der Waals surface area contributed by atoms with Gasteiger partial charge in [0.25, 0.3) is 10.1 Å². The van der Waals surface area contributed by atoms with Crippen LogP contribution in [0.4, 0.5) is 34.9 Å². The van der Waals surface area contributed by atoms with Gasteiger partial charge >= 0.3 is 0 Å². The zero-order chi connectivity index (χ0) is 21.6. The van der Waals surface area contributed by atoms with Crippen LogP contribution in [-0.2, 0) is 10.1 Å². The quantitative estimate of drug-likeness (QED) is 0.311. The van der Waals surface area contributed by atoms with Crippen molar-refractivity contribution >= 4 is 45.0 Å². The van der Waals surface area contributed by atoms with Crippen LogP contribution in [-0.4, -0.2) is 40.8 Å². The van der Waals surface area contributed by atoms with Crippen LogP contribution in [0.2, 0.25) is 0 Å². The highest BCUT2D eigenvalue weighted by molar-refractivity contribution is 7.85. The Hall–Kier alpha value is -3.64. The molecule has 3 rings (SSSR count). The van der Waals surface area contributed by atoms with Crippen LogP contribution in [0.3, 0.4) is 0 Å². The van der Waals surface area contributed by atoms with Gasteiger partial charge in [-0.25, -0.2) is 0 Å². The molecular weight excluding hydrogens is 408 g/mol. The smallest absolute Gasteiger partial charge is 0.283 e. The highest BCUT2D eigenvalue weighted by Crippen LogP contribution is 2.26. The molecule has 3 aromatic rings. The summed E-state index contributed by atoms with van der Waals surface area (Å²) in [7, 11) is -2.61. The van der Waals surface area contributed by atoms with Crippen molar-refractivity contribution in [3.63, 3.8) is 0 Å². The summed E-state index contributed by atoms with van der Waals surface area (Å²) in [6.45, 7) is 1.89. The summed E-state index contributed by atoms with van der Waals surface area (Å²) in [4.78, 5) is 12.3. The first-order chi connectivity index (χ1) is 14.3. The average molecular weight is 428 g/mol. The van der Waals surface area contributed by atoms with E-state index in [9.17, 15) is 8.42 Å². The molecule has 0 radical (unpaired) electrons. The fraction of sp³-hybridized carbons (Fsp3) is 0.167. The lowest BCUT2D eigenvalue weighted by molar-refractivity contribution is 0.485. The molecule has 1 heterocycles. The van der Waals surface area contributed by atoms with Crippen molar-refractivity contribution in [3.8, 4) is 0 Å². The van der Waals surface area contributed by atoms with E-state index in [0.717, 1.165) is 16.9 Å². The molecule has 0 aliphatic carbocycles. The molecule has 1 aromatic heterocycles. The average Bonchev–Trinajstić information content (AvgIpc) is 2.72. The number of aromatic nitrogens is 3. The number of aryl methyl sites for hydroxylation is 1. The SMILES string of the molecule is CNc1nc(NCS(=O)(=O)O)nc(Nc2ccc(N=Nc3ccccc3)cc2C)n1. The highest BCUT2D eigenvalue weighted by atomic mass is 32.2. The minimum atomic E-state index is -4.22. The monoisotopic (exact) mass is 428 g/mol. The van der Waals surface area contributed by atoms with Gasteiger partial charge in [-0.1, -0.05) is 18.2 Å². The van der Waals surface area contributed by atoms with Crippen LogP contribution in [0.25, 0.3) is 0 Å². The number of hydrogen-bond donors (Lipinski definition) is 4. The van der Waals surface area contributed by atoms with E-state index in [1.807, 2.05) is 49.4 Å². The van der Waals surface area contributed by atoms with Gasteiger partial charge in [0.1, 0.15) is 5.88 Å². The summed E-state index contributed by atoms with van der Waals surface area (Å²) >= 11 is 0. The van der Waals surface area contributed by atoms with E-state index in [2.05, 4.69) is 41.1 Å². The number of anilines is 4. The molecule has 0 saturated heterocycles. The van der Waals surface area contributed by atoms with Crippen LogP contribution in [0.5, 0.6) is 0 Å². The molecule has 0 amide bonds. The van der Waals surface area contributed by atoms with Crippen molar-refractivity contribution in [2.75, 3.05) is 28.9 Å². The Morgan fingerprint density at radius 1 is 0.933 bits per heavy atom. The summed E-state index contributed by atoms with van der Waals surface area (Å²) < 4.78 is 30.7. The summed E-state index contributed by atoms with van der Waals surface area (Å²) in [6, 6.07) is 14.9. The molecule has 0 saturated carbocycles. The third-order valence-electron chi connectivity index (χ3n) is 3.77. The second kappa shape index (κ2) is 9.24. The predicted octanol–water partition coefficient (Wildman–Crippen LogP) is 3.64. The van der Waals surface area contributed by atoms with Crippen molar-refractivity contribution in [1.82, 2.24) is 15.0 Å². The fourth-order valence-corrected chi connectivity index (χ4v) is 2.67. The van der Waals surface area contributed by atoms with E-state index in [1.54, 1.807) is 13.1 Å². The van der Waals surface area contributed by atoms with E-state index in [0.29, 0.717) is 5.69 Å². The Bertz CT molecular complexity index is 1150. The van der Waals surface area contributed by atoms with Crippen molar-refractivity contribution in [3.05, 3.63) is 54.1 Å². The van der Waals surface area contributed by atoms with Crippen LogP contribution >= 0.6 is 0 Å². The Kier molecular flexibility index (Phi) is 6.49. The Morgan fingerprint density at radius 2 is 1.60 bits per heavy atom. The summed E-state index contributed by atoms with van der Waals surface area (Å²) in [5.41, 5.74) is 3.04. The maximum atomic E-state index is 10.9. The highest BCUT2D eigenvalue weighted by Gasteiger charge is 2.10. The zero-order valence-corrected chi connectivity index (χ0v) is 17.1. The Morgan fingerprint density at radius 3 is 2.27 bits per heavy atom. The lowest BCUT2D eigenvalue weighted by Crippen LogP contribution is -2.16. The molecule has 156 valence electrons. The first-order valence-electron chi connectivity index (χ1n) is 8.80. The van der Waals surface area contributed by atoms with Crippen molar-refractivity contribution in [1.29, 1.82) is 0 Å². The second-order valence-electron chi connectivity index (χ2n) is 6.12. The molecule has 30 heavy (non-hydrogen) atoms. The van der Waals surface area contributed by atoms with Gasteiger partial charge in [-0.05, 0) is 42.8 Å². The van der Waals surface area contributed by atoms with Crippen molar-refractivity contribution < 1.29 is 13.0 Å². The molecule has 4 N–H and O–H groups in total. The fourth-order valence-electron chi connectivity index (χ4n) is 2.36. The molecule has 0 atom stereocenters. The van der Waals surface area contributed by atoms with E-state index in [-0.39, 0.29) is 17.8 Å². The molecule has 0 spiro atoms. The maximum Gasteiger partial charge on any atom is 0.283 e. The number of nitrogens with one attached hydrogen (secondary N) is 3. The lowest BCUT2D eigenvalue weighted by atomic mass is 10.2. The first kappa shape index (κ1) is 21.1. The molecule has 0 unspecified atom stereocenters. The van der Waals surface area contributed by atoms with Gasteiger partial charge in [-0.15, -0.1) is 0 Å². The number of nitrogens with zero attached hydrogens (tertiary/aromatic N) is 5. The number of benzene rings is 2. The number of hydrogen-bond acceptors (Lipinski definition) is 10. The molecule has 2 aromatic carbocycles. The molecule has 0 fully saturated rings. The maximum absolute atomic E-state index is 10.9. The summed E-state index contributed by atoms with van der Waals surface area (Å²) in [5, 5.41) is 16.7. The summed E-state index contributed by atoms with van der Waals surface area (Å²) in [5.74, 6) is -0.328. The topological polar surface area (TPSA) is 154 Å². The molecule has 0 bridgehead atoms. The predicted molar refractivity (Wildman–Crippen MR) is 114 cm³/mol. The van der Waals surface area contributed by atoms with Gasteiger partial charge in [0.2, 0.25) is 17.8 Å². The molecule has 0 aliphatic rings. The van der Waals surface area contributed by atoms with Gasteiger partial charge in [0.15, 0.2) is 0 Å². The third kappa shape index (κ3) is 6.18. The molecule has 0 aliphatic heterocycles. The number of azo groups is 1. The van der Waals surface area contributed by atoms with Gasteiger partial charge in [0.05, 0.1) is 11.4 Å². The van der Waals surface area contributed by atoms with Crippen molar-refractivity contribution in [2.45, 2.75) is 6.92 Å². The molecule has 12 heteroatoms. The van der Waals surface area contributed by atoms with Crippen molar-refractivity contribution in [2.24, 2.45) is 10.2 Å². The summed E-state index contributed by atoms with van der Waals surface area (Å²) in [6.07, 6.45) is 0. The lowest BCUT2D eigenvalue weighted by Gasteiger charge is -2.11. The third-order valence-corrected chi connectivity index (χ3v) is 4.27. The first-order valence-corrected chi connectivity index (χ1v) is 10.4. The van der Waals surface area contributed by atoms with E-state index >= 15 is 0 Å². The minimum Gasteiger partial charge on any atom is -0.357 e. The van der Waals surface area contributed by atoms with Crippen LogP contribution < -0.4 is 16.0 Å². The Balaban J connectivity index is 1.77. The van der Waals surface area contributed by atoms with Gasteiger partial charge in [0, 0.05) is 12.7 Å². The van der Waals surface area contributed by atoms with Crippen LogP contribution in [0, 0.1) is 6.92 Å². The van der Waals surface area contributed by atoms with Crippen LogP contribution in [0.1, 0.15) is 5.56 Å². The normalized spacial score (nSPS) is 11.4. The van der Waals surface area contributed by atoms with Crippen LogP contribution in [0.15, 0.2) is 58.8 Å². The van der Waals surface area contributed by atoms with E-state index in [1.165, 1.54) is 0 Å².